The molecule has 0 radical (unpaired) electrons. The molecule has 230 valence electrons. The standard InChI is InChI=1S/C32H39N9O3/c1-21-28(16-25(19-36-21)31(42)35-10-11-41-20-22-2-5-26(41)6-3-22)38-32(43)30(39-33)27-7-4-24(18-37-27)23-8-9-34-29(17-23)40-12-14-44-15-13-40/h4,7-9,16-19,22,26H,2-3,5-6,10-15,20,33H2,1H3,(H,35,42)(H,38,43)/b39-30+. The van der Waals surface area contributed by atoms with Crippen LogP contribution in [0.25, 0.3) is 11.1 Å². The van der Waals surface area contributed by atoms with Crippen LogP contribution < -0.4 is 21.4 Å². The lowest BCUT2D eigenvalue weighted by molar-refractivity contribution is -0.110. The first-order valence-electron chi connectivity index (χ1n) is 15.3. The molecule has 12 heteroatoms. The van der Waals surface area contributed by atoms with E-state index >= 15 is 0 Å². The van der Waals surface area contributed by atoms with E-state index in [4.69, 9.17) is 10.6 Å². The molecule has 0 atom stereocenters. The minimum absolute atomic E-state index is 0.0367. The maximum Gasteiger partial charge on any atom is 0.278 e. The summed E-state index contributed by atoms with van der Waals surface area (Å²) < 4.78 is 5.45. The Morgan fingerprint density at radius 1 is 1.02 bits per heavy atom. The number of piperidine rings is 2. The molecule has 4 N–H and O–H groups in total. The third-order valence-corrected chi connectivity index (χ3v) is 8.87. The minimum atomic E-state index is -0.547. The number of morpholine rings is 1. The largest absolute Gasteiger partial charge is 0.378 e. The predicted molar refractivity (Wildman–Crippen MR) is 168 cm³/mol. The van der Waals surface area contributed by atoms with E-state index in [0.29, 0.717) is 48.4 Å². The molecular weight excluding hydrogens is 558 g/mol. The molecule has 1 saturated carbocycles. The van der Waals surface area contributed by atoms with Crippen molar-refractivity contribution in [3.63, 3.8) is 0 Å². The third kappa shape index (κ3) is 6.71. The zero-order valence-electron chi connectivity index (χ0n) is 25.0. The number of amides is 2. The van der Waals surface area contributed by atoms with Gasteiger partial charge in [-0.2, -0.15) is 5.10 Å². The number of carbonyl (C=O) groups is 2. The van der Waals surface area contributed by atoms with Crippen molar-refractivity contribution in [2.45, 2.75) is 38.6 Å². The van der Waals surface area contributed by atoms with Crippen LogP contribution in [0.4, 0.5) is 11.5 Å². The van der Waals surface area contributed by atoms with Crippen LogP contribution in [0.1, 0.15) is 47.4 Å². The number of nitrogens with one attached hydrogen (secondary N) is 2. The van der Waals surface area contributed by atoms with E-state index in [0.717, 1.165) is 49.0 Å². The lowest BCUT2D eigenvalue weighted by atomic mass is 9.80. The molecule has 6 heterocycles. The van der Waals surface area contributed by atoms with E-state index in [2.05, 4.69) is 40.5 Å². The van der Waals surface area contributed by atoms with Gasteiger partial charge in [0.25, 0.3) is 11.8 Å². The fourth-order valence-electron chi connectivity index (χ4n) is 6.34. The van der Waals surface area contributed by atoms with Crippen molar-refractivity contribution in [2.75, 3.05) is 56.2 Å². The van der Waals surface area contributed by atoms with Crippen LogP contribution in [-0.2, 0) is 9.53 Å². The van der Waals surface area contributed by atoms with Crippen molar-refractivity contribution in [3.05, 3.63) is 65.9 Å². The highest BCUT2D eigenvalue weighted by atomic mass is 16.5. The zero-order valence-corrected chi connectivity index (χ0v) is 25.0. The number of nitrogens with two attached hydrogens (primary N) is 1. The summed E-state index contributed by atoms with van der Waals surface area (Å²) in [5.74, 6) is 6.55. The second-order valence-electron chi connectivity index (χ2n) is 11.6. The summed E-state index contributed by atoms with van der Waals surface area (Å²) in [6.07, 6.45) is 10.2. The van der Waals surface area contributed by atoms with E-state index in [9.17, 15) is 9.59 Å². The van der Waals surface area contributed by atoms with Crippen molar-refractivity contribution in [2.24, 2.45) is 16.9 Å². The van der Waals surface area contributed by atoms with Crippen molar-refractivity contribution < 1.29 is 14.3 Å². The number of aromatic nitrogens is 3. The molecule has 3 aromatic heterocycles. The number of hydrogen-bond acceptors (Lipinski definition) is 10. The second-order valence-corrected chi connectivity index (χ2v) is 11.6. The molecule has 0 aromatic carbocycles. The zero-order chi connectivity index (χ0) is 30.5. The summed E-state index contributed by atoms with van der Waals surface area (Å²) in [5, 5.41) is 9.54. The summed E-state index contributed by atoms with van der Waals surface area (Å²) in [6, 6.07) is 9.78. The Kier molecular flexibility index (Phi) is 9.08. The molecule has 3 aromatic rings. The maximum atomic E-state index is 13.2. The van der Waals surface area contributed by atoms with Gasteiger partial charge in [-0.05, 0) is 68.4 Å². The van der Waals surface area contributed by atoms with Crippen LogP contribution in [-0.4, -0.2) is 89.4 Å². The van der Waals surface area contributed by atoms with Gasteiger partial charge in [-0.3, -0.25) is 24.5 Å². The molecular formula is C32H39N9O3. The van der Waals surface area contributed by atoms with E-state index in [1.807, 2.05) is 18.2 Å². The van der Waals surface area contributed by atoms with Crippen LogP contribution in [0.15, 0.2) is 54.0 Å². The average molecular weight is 598 g/mol. The normalized spacial score (nSPS) is 20.4. The van der Waals surface area contributed by atoms with Crippen molar-refractivity contribution in [1.82, 2.24) is 25.2 Å². The Hall–Kier alpha value is -4.42. The Balaban J connectivity index is 1.08. The number of aryl methyl sites for hydroxylation is 1. The quantitative estimate of drug-likeness (QED) is 0.192. The van der Waals surface area contributed by atoms with E-state index in [1.54, 1.807) is 31.5 Å². The Morgan fingerprint density at radius 2 is 1.84 bits per heavy atom. The molecule has 0 unspecified atom stereocenters. The molecule has 1 aliphatic carbocycles. The topological polar surface area (TPSA) is 151 Å². The van der Waals surface area contributed by atoms with E-state index < -0.39 is 5.91 Å². The van der Waals surface area contributed by atoms with Crippen molar-refractivity contribution >= 4 is 29.0 Å². The fourth-order valence-corrected chi connectivity index (χ4v) is 6.34. The smallest absolute Gasteiger partial charge is 0.278 e. The van der Waals surface area contributed by atoms with E-state index in [-0.39, 0.29) is 11.6 Å². The molecule has 4 fully saturated rings. The Bertz CT molecular complexity index is 1510. The molecule has 3 aliphatic heterocycles. The van der Waals surface area contributed by atoms with Crippen LogP contribution >= 0.6 is 0 Å². The minimum Gasteiger partial charge on any atom is -0.378 e. The highest BCUT2D eigenvalue weighted by Gasteiger charge is 2.33. The number of hydrogen-bond donors (Lipinski definition) is 3. The number of pyridine rings is 3. The summed E-state index contributed by atoms with van der Waals surface area (Å²) in [7, 11) is 0. The molecule has 44 heavy (non-hydrogen) atoms. The van der Waals surface area contributed by atoms with Gasteiger partial charge in [-0.15, -0.1) is 0 Å². The van der Waals surface area contributed by atoms with Crippen LogP contribution in [0.3, 0.4) is 0 Å². The fraction of sp³-hybridized carbons (Fsp3) is 0.438. The first-order chi connectivity index (χ1) is 21.5. The number of nitrogens with zero attached hydrogens (tertiary/aromatic N) is 6. The van der Waals surface area contributed by atoms with Gasteiger partial charge in [0.1, 0.15) is 5.82 Å². The Morgan fingerprint density at radius 3 is 2.55 bits per heavy atom. The van der Waals surface area contributed by atoms with Gasteiger partial charge in [0.2, 0.25) is 0 Å². The van der Waals surface area contributed by atoms with E-state index in [1.165, 1.54) is 31.9 Å². The van der Waals surface area contributed by atoms with Crippen LogP contribution in [0, 0.1) is 12.8 Å². The molecule has 4 aliphatic rings. The molecule has 7 rings (SSSR count). The van der Waals surface area contributed by atoms with Gasteiger partial charge in [-0.25, -0.2) is 4.98 Å². The summed E-state index contributed by atoms with van der Waals surface area (Å²) in [6.45, 7) is 7.24. The number of anilines is 2. The molecule has 0 spiro atoms. The van der Waals surface area contributed by atoms with Crippen molar-refractivity contribution in [1.29, 1.82) is 0 Å². The van der Waals surface area contributed by atoms with Gasteiger partial charge in [-0.1, -0.05) is 6.07 Å². The summed E-state index contributed by atoms with van der Waals surface area (Å²) in [4.78, 5) is 44.2. The number of fused-ring (bicyclic) bond motifs is 3. The maximum absolute atomic E-state index is 13.2. The first-order valence-corrected chi connectivity index (χ1v) is 15.3. The number of hydrazone groups is 1. The average Bonchev–Trinajstić information content (AvgIpc) is 3.07. The lowest BCUT2D eigenvalue weighted by Gasteiger charge is -2.45. The molecule has 3 saturated heterocycles. The SMILES string of the molecule is Cc1ncc(C(=O)NCCN2CC3CCC2CC3)cc1NC(=O)/C(=N/N)c1ccc(-c2ccnc(N3CCOCC3)c2)cn1. The van der Waals surface area contributed by atoms with Gasteiger partial charge in [0, 0.05) is 62.9 Å². The lowest BCUT2D eigenvalue weighted by Crippen LogP contribution is -2.50. The number of ether oxygens (including phenoxy) is 1. The molecule has 12 nitrogen and oxygen atoms in total. The van der Waals surface area contributed by atoms with Gasteiger partial charge >= 0.3 is 0 Å². The van der Waals surface area contributed by atoms with Gasteiger partial charge in [0.15, 0.2) is 5.71 Å². The van der Waals surface area contributed by atoms with Gasteiger partial charge in [0.05, 0.1) is 35.9 Å². The molecule has 2 amide bonds. The predicted octanol–water partition coefficient (Wildman–Crippen LogP) is 2.59. The summed E-state index contributed by atoms with van der Waals surface area (Å²) >= 11 is 0. The summed E-state index contributed by atoms with van der Waals surface area (Å²) in [5.41, 5.74) is 3.44. The first kappa shape index (κ1) is 29.6. The second kappa shape index (κ2) is 13.5. The highest BCUT2D eigenvalue weighted by Crippen LogP contribution is 2.34. The van der Waals surface area contributed by atoms with Crippen LogP contribution in [0.2, 0.25) is 0 Å². The highest BCUT2D eigenvalue weighted by molar-refractivity contribution is 6.48. The molecule has 2 bridgehead atoms. The number of rotatable bonds is 9. The number of carbonyl (C=O) groups excluding carboxylic acids is 2. The van der Waals surface area contributed by atoms with Crippen molar-refractivity contribution in [3.8, 4) is 11.1 Å². The monoisotopic (exact) mass is 597 g/mol. The van der Waals surface area contributed by atoms with Gasteiger partial charge < -0.3 is 26.1 Å². The third-order valence-electron chi connectivity index (χ3n) is 8.87. The van der Waals surface area contributed by atoms with Crippen LogP contribution in [0.5, 0.6) is 0 Å². The Labute approximate surface area is 257 Å².